The molecule has 0 aliphatic carbocycles. The van der Waals surface area contributed by atoms with E-state index in [-0.39, 0.29) is 23.8 Å². The molecule has 2 saturated heterocycles. The van der Waals surface area contributed by atoms with Gasteiger partial charge in [0.25, 0.3) is 5.91 Å². The molecule has 0 saturated carbocycles. The first-order chi connectivity index (χ1) is 8.69. The number of hydrogen-bond donors (Lipinski definition) is 0. The zero-order valence-electron chi connectivity index (χ0n) is 10.1. The highest BCUT2D eigenvalue weighted by molar-refractivity contribution is 5.95. The number of amides is 1. The van der Waals surface area contributed by atoms with Crippen LogP contribution >= 0.6 is 0 Å². The predicted molar refractivity (Wildman–Crippen MR) is 62.1 cm³/mol. The van der Waals surface area contributed by atoms with E-state index in [2.05, 4.69) is 0 Å². The Hall–Kier alpha value is -1.62. The molecule has 18 heavy (non-hydrogen) atoms. The molecule has 2 bridgehead atoms. The maximum absolute atomic E-state index is 13.6. The molecule has 2 aliphatic heterocycles. The molecule has 1 aromatic carbocycles. The Balaban J connectivity index is 1.82. The molecule has 2 heterocycles. The van der Waals surface area contributed by atoms with Crippen molar-refractivity contribution in [2.45, 2.75) is 18.6 Å². The highest BCUT2D eigenvalue weighted by Gasteiger charge is 2.41. The van der Waals surface area contributed by atoms with Gasteiger partial charge in [-0.05, 0) is 24.6 Å². The Bertz CT molecular complexity index is 491. The third-order valence-electron chi connectivity index (χ3n) is 3.56. The largest absolute Gasteiger partial charge is 0.494 e. The molecule has 2 atom stereocenters. The first kappa shape index (κ1) is 11.5. The van der Waals surface area contributed by atoms with Crippen molar-refractivity contribution in [3.8, 4) is 5.75 Å². The Kier molecular flexibility index (Phi) is 2.70. The average Bonchev–Trinajstić information content (AvgIpc) is 3.00. The molecule has 0 radical (unpaired) electrons. The molecule has 2 fully saturated rings. The van der Waals surface area contributed by atoms with Gasteiger partial charge in [0.05, 0.1) is 25.9 Å². The maximum Gasteiger partial charge on any atom is 0.254 e. The lowest BCUT2D eigenvalue weighted by molar-refractivity contribution is 0.0259. The van der Waals surface area contributed by atoms with Crippen molar-refractivity contribution in [1.82, 2.24) is 4.90 Å². The van der Waals surface area contributed by atoms with E-state index in [0.29, 0.717) is 18.7 Å². The average molecular weight is 251 g/mol. The second kappa shape index (κ2) is 4.24. The minimum atomic E-state index is -0.510. The molecule has 3 rings (SSSR count). The fourth-order valence-electron chi connectivity index (χ4n) is 2.61. The third-order valence-corrected chi connectivity index (χ3v) is 3.56. The highest BCUT2D eigenvalue weighted by Crippen LogP contribution is 2.29. The number of benzene rings is 1. The summed E-state index contributed by atoms with van der Waals surface area (Å²) in [5, 5.41) is 0. The summed E-state index contributed by atoms with van der Waals surface area (Å²) < 4.78 is 23.8. The topological polar surface area (TPSA) is 38.8 Å². The summed E-state index contributed by atoms with van der Waals surface area (Å²) in [5.41, 5.74) is 0.362. The molecule has 0 spiro atoms. The van der Waals surface area contributed by atoms with Gasteiger partial charge in [0.1, 0.15) is 0 Å². The van der Waals surface area contributed by atoms with Crippen molar-refractivity contribution in [3.05, 3.63) is 29.6 Å². The van der Waals surface area contributed by atoms with Crippen molar-refractivity contribution in [2.75, 3.05) is 20.3 Å². The maximum atomic E-state index is 13.6. The molecule has 96 valence electrons. The molecule has 0 aromatic heterocycles. The van der Waals surface area contributed by atoms with E-state index < -0.39 is 5.82 Å². The number of rotatable bonds is 2. The van der Waals surface area contributed by atoms with Gasteiger partial charge < -0.3 is 14.4 Å². The van der Waals surface area contributed by atoms with E-state index in [4.69, 9.17) is 9.47 Å². The number of fused-ring (bicyclic) bond motifs is 2. The number of nitrogens with zero attached hydrogens (tertiary/aromatic N) is 1. The van der Waals surface area contributed by atoms with E-state index >= 15 is 0 Å². The van der Waals surface area contributed by atoms with Crippen LogP contribution < -0.4 is 4.74 Å². The van der Waals surface area contributed by atoms with Gasteiger partial charge in [0.15, 0.2) is 11.6 Å². The molecular formula is C13H14FNO3. The number of carbonyl (C=O) groups is 1. The molecule has 0 N–H and O–H groups in total. The summed E-state index contributed by atoms with van der Waals surface area (Å²) in [6, 6.07) is 4.45. The summed E-state index contributed by atoms with van der Waals surface area (Å²) in [7, 11) is 1.40. The van der Waals surface area contributed by atoms with E-state index in [9.17, 15) is 9.18 Å². The first-order valence-electron chi connectivity index (χ1n) is 5.95. The van der Waals surface area contributed by atoms with Crippen LogP contribution in [0, 0.1) is 5.82 Å². The van der Waals surface area contributed by atoms with Crippen LogP contribution in [0.3, 0.4) is 0 Å². The number of morpholine rings is 1. The standard InChI is InChI=1S/C13H14FNO3/c1-17-12-3-2-8(4-11(12)14)13(16)15-6-10-5-9(15)7-18-10/h2-4,9-10H,5-7H2,1H3. The van der Waals surface area contributed by atoms with Gasteiger partial charge in [-0.25, -0.2) is 4.39 Å². The van der Waals surface area contributed by atoms with Gasteiger partial charge in [-0.1, -0.05) is 0 Å². The van der Waals surface area contributed by atoms with E-state index in [1.807, 2.05) is 0 Å². The quantitative estimate of drug-likeness (QED) is 0.798. The van der Waals surface area contributed by atoms with Crippen LogP contribution in [0.4, 0.5) is 4.39 Å². The fraction of sp³-hybridized carbons (Fsp3) is 0.462. The second-order valence-corrected chi connectivity index (χ2v) is 4.65. The van der Waals surface area contributed by atoms with Crippen LogP contribution in [0.2, 0.25) is 0 Å². The molecular weight excluding hydrogens is 237 g/mol. The van der Waals surface area contributed by atoms with Crippen LogP contribution in [0.1, 0.15) is 16.8 Å². The third kappa shape index (κ3) is 1.75. The van der Waals surface area contributed by atoms with Crippen molar-refractivity contribution >= 4 is 5.91 Å². The lowest BCUT2D eigenvalue weighted by Crippen LogP contribution is -2.41. The Labute approximate surface area is 104 Å². The van der Waals surface area contributed by atoms with Gasteiger partial charge in [-0.2, -0.15) is 0 Å². The second-order valence-electron chi connectivity index (χ2n) is 4.65. The summed E-state index contributed by atoms with van der Waals surface area (Å²) in [4.78, 5) is 14.0. The van der Waals surface area contributed by atoms with Crippen molar-refractivity contribution < 1.29 is 18.7 Å². The van der Waals surface area contributed by atoms with E-state index in [1.54, 1.807) is 11.0 Å². The van der Waals surface area contributed by atoms with Crippen LogP contribution in [0.15, 0.2) is 18.2 Å². The van der Waals surface area contributed by atoms with Crippen LogP contribution in [0.5, 0.6) is 5.75 Å². The molecule has 1 aromatic rings. The summed E-state index contributed by atoms with van der Waals surface area (Å²) in [6.07, 6.45) is 1.05. The lowest BCUT2D eigenvalue weighted by atomic mass is 10.1. The zero-order chi connectivity index (χ0) is 12.7. The van der Waals surface area contributed by atoms with Crippen molar-refractivity contribution in [2.24, 2.45) is 0 Å². The fourth-order valence-corrected chi connectivity index (χ4v) is 2.61. The Morgan fingerprint density at radius 2 is 2.39 bits per heavy atom. The number of hydrogen-bond acceptors (Lipinski definition) is 3. The van der Waals surface area contributed by atoms with E-state index in [1.165, 1.54) is 19.2 Å². The summed E-state index contributed by atoms with van der Waals surface area (Å²) in [6.45, 7) is 1.20. The normalized spacial score (nSPS) is 25.6. The Morgan fingerprint density at radius 1 is 1.56 bits per heavy atom. The molecule has 2 aliphatic rings. The number of halogens is 1. The van der Waals surface area contributed by atoms with Crippen LogP contribution in [-0.2, 0) is 4.74 Å². The predicted octanol–water partition coefficient (Wildman–Crippen LogP) is 1.45. The van der Waals surface area contributed by atoms with Crippen molar-refractivity contribution in [3.63, 3.8) is 0 Å². The molecule has 2 unspecified atom stereocenters. The number of likely N-dealkylation sites (tertiary alicyclic amines) is 1. The molecule has 5 heteroatoms. The number of carbonyl (C=O) groups excluding carboxylic acids is 1. The van der Waals surface area contributed by atoms with Gasteiger partial charge in [0, 0.05) is 12.1 Å². The van der Waals surface area contributed by atoms with Gasteiger partial charge in [-0.15, -0.1) is 0 Å². The van der Waals surface area contributed by atoms with Gasteiger partial charge in [0.2, 0.25) is 0 Å². The number of methoxy groups -OCH3 is 1. The van der Waals surface area contributed by atoms with Crippen molar-refractivity contribution in [1.29, 1.82) is 0 Å². The van der Waals surface area contributed by atoms with Crippen LogP contribution in [0.25, 0.3) is 0 Å². The molecule has 4 nitrogen and oxygen atoms in total. The summed E-state index contributed by atoms with van der Waals surface area (Å²) in [5.74, 6) is -0.492. The highest BCUT2D eigenvalue weighted by atomic mass is 19.1. The van der Waals surface area contributed by atoms with Gasteiger partial charge in [-0.3, -0.25) is 4.79 Å². The smallest absolute Gasteiger partial charge is 0.254 e. The Morgan fingerprint density at radius 3 is 2.94 bits per heavy atom. The minimum absolute atomic E-state index is 0.132. The van der Waals surface area contributed by atoms with Gasteiger partial charge >= 0.3 is 0 Å². The van der Waals surface area contributed by atoms with Crippen LogP contribution in [-0.4, -0.2) is 43.2 Å². The monoisotopic (exact) mass is 251 g/mol. The number of ether oxygens (including phenoxy) is 2. The first-order valence-corrected chi connectivity index (χ1v) is 5.95. The SMILES string of the molecule is COc1ccc(C(=O)N2CC3CC2CO3)cc1F. The lowest BCUT2D eigenvalue weighted by Gasteiger charge is -2.27. The van der Waals surface area contributed by atoms with E-state index in [0.717, 1.165) is 6.42 Å². The molecule has 1 amide bonds. The minimum Gasteiger partial charge on any atom is -0.494 e. The summed E-state index contributed by atoms with van der Waals surface area (Å²) >= 11 is 0. The zero-order valence-corrected chi connectivity index (χ0v) is 10.1.